The Balaban J connectivity index is 1.75. The normalized spacial score (nSPS) is 42.8. The van der Waals surface area contributed by atoms with Crippen LogP contribution in [0.5, 0.6) is 0 Å². The van der Waals surface area contributed by atoms with E-state index >= 15 is 0 Å². The van der Waals surface area contributed by atoms with Crippen LogP contribution in [-0.4, -0.2) is 12.1 Å². The molecule has 0 N–H and O–H groups in total. The number of esters is 1. The first-order valence-corrected chi connectivity index (χ1v) is 7.62. The van der Waals surface area contributed by atoms with Crippen molar-refractivity contribution in [2.75, 3.05) is 0 Å². The minimum absolute atomic E-state index is 0.178. The average Bonchev–Trinajstić information content (AvgIpc) is 2.42. The lowest BCUT2D eigenvalue weighted by atomic mass is 9.55. The second-order valence-corrected chi connectivity index (χ2v) is 6.38. The number of hydrogen-bond donors (Lipinski definition) is 0. The smallest absolute Gasteiger partial charge is 0.330 e. The molecule has 0 aromatic carbocycles. The summed E-state index contributed by atoms with van der Waals surface area (Å²) in [7, 11) is 0. The SMILES string of the molecule is C=CC(=O)OC1CCC2CCCC3CCCC1C32. The summed E-state index contributed by atoms with van der Waals surface area (Å²) in [5.41, 5.74) is 0. The first kappa shape index (κ1) is 12.3. The molecule has 0 saturated heterocycles. The Morgan fingerprint density at radius 2 is 1.67 bits per heavy atom. The highest BCUT2D eigenvalue weighted by Crippen LogP contribution is 2.53. The fourth-order valence-corrected chi connectivity index (χ4v) is 4.96. The van der Waals surface area contributed by atoms with Gasteiger partial charge < -0.3 is 4.74 Å². The van der Waals surface area contributed by atoms with Crippen LogP contribution in [0.2, 0.25) is 0 Å². The molecule has 18 heavy (non-hydrogen) atoms. The number of hydrogen-bond acceptors (Lipinski definition) is 2. The predicted molar refractivity (Wildman–Crippen MR) is 71.0 cm³/mol. The van der Waals surface area contributed by atoms with E-state index in [2.05, 4.69) is 6.58 Å². The van der Waals surface area contributed by atoms with Crippen LogP contribution in [0.3, 0.4) is 0 Å². The zero-order chi connectivity index (χ0) is 12.5. The lowest BCUT2D eigenvalue weighted by Crippen LogP contribution is -2.47. The zero-order valence-electron chi connectivity index (χ0n) is 11.1. The highest BCUT2D eigenvalue weighted by Gasteiger charge is 2.47. The van der Waals surface area contributed by atoms with Gasteiger partial charge in [-0.25, -0.2) is 4.79 Å². The molecule has 0 aromatic rings. The molecule has 0 spiro atoms. The minimum atomic E-state index is -0.226. The van der Waals surface area contributed by atoms with Crippen molar-refractivity contribution in [2.45, 2.75) is 57.5 Å². The van der Waals surface area contributed by atoms with Crippen molar-refractivity contribution in [1.82, 2.24) is 0 Å². The van der Waals surface area contributed by atoms with E-state index in [4.69, 9.17) is 4.74 Å². The maximum atomic E-state index is 11.5. The maximum absolute atomic E-state index is 11.5. The Morgan fingerprint density at radius 1 is 1.00 bits per heavy atom. The van der Waals surface area contributed by atoms with Crippen molar-refractivity contribution in [3.8, 4) is 0 Å². The molecule has 0 heterocycles. The molecule has 2 heteroatoms. The van der Waals surface area contributed by atoms with Gasteiger partial charge in [-0.15, -0.1) is 0 Å². The molecular weight excluding hydrogens is 224 g/mol. The van der Waals surface area contributed by atoms with E-state index in [0.717, 1.165) is 24.2 Å². The molecule has 3 saturated carbocycles. The van der Waals surface area contributed by atoms with Crippen LogP contribution in [0.15, 0.2) is 12.7 Å². The summed E-state index contributed by atoms with van der Waals surface area (Å²) in [6.45, 7) is 3.51. The third-order valence-electron chi connectivity index (χ3n) is 5.58. The Morgan fingerprint density at radius 3 is 2.39 bits per heavy atom. The molecule has 3 rings (SSSR count). The van der Waals surface area contributed by atoms with E-state index in [9.17, 15) is 4.79 Å². The Hall–Kier alpha value is -0.790. The Kier molecular flexibility index (Phi) is 3.45. The molecule has 3 aliphatic rings. The summed E-state index contributed by atoms with van der Waals surface area (Å²) < 4.78 is 5.62. The molecule has 5 unspecified atom stereocenters. The summed E-state index contributed by atoms with van der Waals surface area (Å²) in [6, 6.07) is 0. The summed E-state index contributed by atoms with van der Waals surface area (Å²) in [6.07, 6.45) is 12.1. The summed E-state index contributed by atoms with van der Waals surface area (Å²) in [5, 5.41) is 0. The lowest BCUT2D eigenvalue weighted by Gasteiger charge is -2.51. The quantitative estimate of drug-likeness (QED) is 0.550. The molecule has 0 bridgehead atoms. The number of ether oxygens (including phenoxy) is 1. The molecule has 100 valence electrons. The monoisotopic (exact) mass is 248 g/mol. The van der Waals surface area contributed by atoms with Crippen molar-refractivity contribution >= 4 is 5.97 Å². The topological polar surface area (TPSA) is 26.3 Å². The van der Waals surface area contributed by atoms with E-state index in [0.29, 0.717) is 5.92 Å². The van der Waals surface area contributed by atoms with Gasteiger partial charge in [0.25, 0.3) is 0 Å². The molecule has 0 amide bonds. The molecule has 0 aliphatic heterocycles. The third-order valence-corrected chi connectivity index (χ3v) is 5.58. The minimum Gasteiger partial charge on any atom is -0.459 e. The molecule has 2 nitrogen and oxygen atoms in total. The van der Waals surface area contributed by atoms with Gasteiger partial charge in [0.2, 0.25) is 0 Å². The van der Waals surface area contributed by atoms with Crippen molar-refractivity contribution in [2.24, 2.45) is 23.7 Å². The van der Waals surface area contributed by atoms with Gasteiger partial charge in [-0.1, -0.05) is 38.7 Å². The maximum Gasteiger partial charge on any atom is 0.330 e. The number of carbonyl (C=O) groups is 1. The fraction of sp³-hybridized carbons (Fsp3) is 0.812. The van der Waals surface area contributed by atoms with Crippen molar-refractivity contribution in [1.29, 1.82) is 0 Å². The third kappa shape index (κ3) is 2.10. The van der Waals surface area contributed by atoms with Crippen LogP contribution in [0, 0.1) is 23.7 Å². The highest BCUT2D eigenvalue weighted by atomic mass is 16.5. The zero-order valence-corrected chi connectivity index (χ0v) is 11.1. The summed E-state index contributed by atoms with van der Waals surface area (Å²) in [5.74, 6) is 3.12. The van der Waals surface area contributed by atoms with Crippen LogP contribution in [0.25, 0.3) is 0 Å². The molecule has 5 atom stereocenters. The van der Waals surface area contributed by atoms with Gasteiger partial charge in [0.05, 0.1) is 0 Å². The van der Waals surface area contributed by atoms with E-state index in [1.165, 1.54) is 51.0 Å². The van der Waals surface area contributed by atoms with Crippen LogP contribution in [-0.2, 0) is 9.53 Å². The van der Waals surface area contributed by atoms with Crippen LogP contribution >= 0.6 is 0 Å². The summed E-state index contributed by atoms with van der Waals surface area (Å²) >= 11 is 0. The van der Waals surface area contributed by atoms with Gasteiger partial charge in [0, 0.05) is 6.08 Å². The van der Waals surface area contributed by atoms with E-state index < -0.39 is 0 Å². The van der Waals surface area contributed by atoms with E-state index in [-0.39, 0.29) is 12.1 Å². The van der Waals surface area contributed by atoms with Gasteiger partial charge >= 0.3 is 5.97 Å². The Bertz CT molecular complexity index is 327. The largest absolute Gasteiger partial charge is 0.459 e. The van der Waals surface area contributed by atoms with Crippen LogP contribution < -0.4 is 0 Å². The first-order valence-electron chi connectivity index (χ1n) is 7.62. The lowest BCUT2D eigenvalue weighted by molar-refractivity contribution is -0.155. The highest BCUT2D eigenvalue weighted by molar-refractivity contribution is 5.81. The standard InChI is InChI=1S/C16H24O2/c1-2-15(17)18-14-10-9-12-6-3-5-11-7-4-8-13(14)16(11)12/h2,11-14,16H,1,3-10H2. The van der Waals surface area contributed by atoms with Crippen molar-refractivity contribution in [3.05, 3.63) is 12.7 Å². The Labute approximate surface area is 110 Å². The fourth-order valence-electron chi connectivity index (χ4n) is 4.96. The molecule has 3 aliphatic carbocycles. The summed E-state index contributed by atoms with van der Waals surface area (Å²) in [4.78, 5) is 11.5. The van der Waals surface area contributed by atoms with Crippen LogP contribution in [0.1, 0.15) is 51.4 Å². The van der Waals surface area contributed by atoms with Gasteiger partial charge in [0.1, 0.15) is 6.10 Å². The van der Waals surface area contributed by atoms with Crippen molar-refractivity contribution < 1.29 is 9.53 Å². The van der Waals surface area contributed by atoms with E-state index in [1.54, 1.807) is 0 Å². The molecule has 3 fully saturated rings. The predicted octanol–water partition coefficient (Wildman–Crippen LogP) is 3.71. The van der Waals surface area contributed by atoms with Crippen molar-refractivity contribution in [3.63, 3.8) is 0 Å². The first-order chi connectivity index (χ1) is 8.79. The second kappa shape index (κ2) is 5.07. The average molecular weight is 248 g/mol. The van der Waals surface area contributed by atoms with Gasteiger partial charge in [0.15, 0.2) is 0 Å². The van der Waals surface area contributed by atoms with Crippen LogP contribution in [0.4, 0.5) is 0 Å². The molecule has 0 aromatic heterocycles. The second-order valence-electron chi connectivity index (χ2n) is 6.38. The van der Waals surface area contributed by atoms with E-state index in [1.807, 2.05) is 0 Å². The van der Waals surface area contributed by atoms with Gasteiger partial charge in [-0.3, -0.25) is 0 Å². The molecular formula is C16H24O2. The molecule has 0 radical (unpaired) electrons. The number of carbonyl (C=O) groups excluding carboxylic acids is 1. The van der Waals surface area contributed by atoms with Gasteiger partial charge in [-0.05, 0) is 42.9 Å². The van der Waals surface area contributed by atoms with Gasteiger partial charge in [-0.2, -0.15) is 0 Å². The number of rotatable bonds is 2.